The van der Waals surface area contributed by atoms with Crippen LogP contribution in [-0.4, -0.2) is 40.3 Å². The molecule has 1 aromatic heterocycles. The summed E-state index contributed by atoms with van der Waals surface area (Å²) >= 11 is 1.38. The maximum absolute atomic E-state index is 11.4. The van der Waals surface area contributed by atoms with Gasteiger partial charge in [-0.3, -0.25) is 4.79 Å². The van der Waals surface area contributed by atoms with Crippen molar-refractivity contribution >= 4 is 23.6 Å². The van der Waals surface area contributed by atoms with E-state index in [4.69, 9.17) is 0 Å². The summed E-state index contributed by atoms with van der Waals surface area (Å²) in [6, 6.07) is -0.654. The molecule has 0 spiro atoms. The Balaban J connectivity index is 2.58. The lowest BCUT2D eigenvalue weighted by Crippen LogP contribution is -2.42. The molecule has 0 radical (unpaired) electrons. The van der Waals surface area contributed by atoms with Crippen LogP contribution in [0.3, 0.4) is 0 Å². The highest BCUT2D eigenvalue weighted by atomic mass is 32.2. The maximum Gasteiger partial charge on any atom is 0.329 e. The Morgan fingerprint density at radius 2 is 2.35 bits per heavy atom. The molecule has 1 aromatic rings. The zero-order chi connectivity index (χ0) is 12.8. The quantitative estimate of drug-likeness (QED) is 0.602. The first kappa shape index (κ1) is 13.6. The zero-order valence-electron chi connectivity index (χ0n) is 9.97. The van der Waals surface area contributed by atoms with Crippen molar-refractivity contribution in [3.8, 4) is 0 Å². The number of carbonyl (C=O) groups excluding carboxylic acids is 2. The van der Waals surface area contributed by atoms with Crippen molar-refractivity contribution in [2.45, 2.75) is 18.1 Å². The molecule has 1 unspecified atom stereocenters. The van der Waals surface area contributed by atoms with E-state index < -0.39 is 12.0 Å². The third kappa shape index (κ3) is 4.10. The predicted octanol–water partition coefficient (Wildman–Crippen LogP) is 0.190. The number of methoxy groups -OCH3 is 1. The van der Waals surface area contributed by atoms with Gasteiger partial charge in [-0.1, -0.05) is 11.8 Å². The third-order valence-electron chi connectivity index (χ3n) is 2.02. The molecule has 0 fully saturated rings. The number of carbonyl (C=O) groups is 2. The Morgan fingerprint density at radius 3 is 2.82 bits per heavy atom. The van der Waals surface area contributed by atoms with Gasteiger partial charge in [0.25, 0.3) is 0 Å². The first-order chi connectivity index (χ1) is 8.04. The van der Waals surface area contributed by atoms with E-state index in [2.05, 4.69) is 15.0 Å². The highest BCUT2D eigenvalue weighted by molar-refractivity contribution is 7.99. The molecule has 0 aliphatic rings. The molecular weight excluding hydrogens is 242 g/mol. The topological polar surface area (TPSA) is 73.2 Å². The van der Waals surface area contributed by atoms with Gasteiger partial charge in [0.1, 0.15) is 6.04 Å². The molecule has 1 atom stereocenters. The van der Waals surface area contributed by atoms with Crippen LogP contribution in [0.25, 0.3) is 0 Å². The van der Waals surface area contributed by atoms with Gasteiger partial charge in [-0.25, -0.2) is 9.78 Å². The van der Waals surface area contributed by atoms with Crippen LogP contribution in [-0.2, 0) is 21.4 Å². The standard InChI is InChI=1S/C10H15N3O3S/c1-7(14)12-8(9(15)16-3)6-17-10-11-4-5-13(10)2/h4-5,8H,6H2,1-3H3,(H,12,14). The molecule has 1 rings (SSSR count). The van der Waals surface area contributed by atoms with E-state index in [-0.39, 0.29) is 5.91 Å². The van der Waals surface area contributed by atoms with Gasteiger partial charge in [-0.2, -0.15) is 0 Å². The van der Waals surface area contributed by atoms with Gasteiger partial charge in [0, 0.05) is 32.1 Å². The summed E-state index contributed by atoms with van der Waals surface area (Å²) in [6.45, 7) is 1.36. The Bertz CT molecular complexity index is 405. The number of thioether (sulfide) groups is 1. The van der Waals surface area contributed by atoms with E-state index in [1.54, 1.807) is 6.20 Å². The second-order valence-electron chi connectivity index (χ2n) is 3.41. The van der Waals surface area contributed by atoms with Crippen LogP contribution < -0.4 is 5.32 Å². The highest BCUT2D eigenvalue weighted by Gasteiger charge is 2.20. The van der Waals surface area contributed by atoms with Crippen molar-refractivity contribution in [1.82, 2.24) is 14.9 Å². The molecule has 7 heteroatoms. The molecule has 0 saturated heterocycles. The molecule has 0 aliphatic carbocycles. The number of rotatable bonds is 5. The number of ether oxygens (including phenoxy) is 1. The molecular formula is C10H15N3O3S. The highest BCUT2D eigenvalue weighted by Crippen LogP contribution is 2.15. The van der Waals surface area contributed by atoms with E-state index in [0.29, 0.717) is 5.75 Å². The first-order valence-electron chi connectivity index (χ1n) is 4.99. The molecule has 0 saturated carbocycles. The van der Waals surface area contributed by atoms with E-state index in [0.717, 1.165) is 5.16 Å². The van der Waals surface area contributed by atoms with Crippen LogP contribution in [0.2, 0.25) is 0 Å². The second kappa shape index (κ2) is 6.29. The monoisotopic (exact) mass is 257 g/mol. The average Bonchev–Trinajstić information content (AvgIpc) is 2.68. The van der Waals surface area contributed by atoms with Gasteiger partial charge in [0.05, 0.1) is 7.11 Å². The number of nitrogens with zero attached hydrogens (tertiary/aromatic N) is 2. The number of esters is 1. The van der Waals surface area contributed by atoms with E-state index in [9.17, 15) is 9.59 Å². The van der Waals surface area contributed by atoms with Crippen molar-refractivity contribution in [2.75, 3.05) is 12.9 Å². The predicted molar refractivity (Wildman–Crippen MR) is 63.6 cm³/mol. The van der Waals surface area contributed by atoms with E-state index in [1.807, 2.05) is 17.8 Å². The SMILES string of the molecule is COC(=O)C(CSc1nccn1C)NC(C)=O. The Labute approximate surface area is 104 Å². The summed E-state index contributed by atoms with van der Waals surface area (Å²) in [6.07, 6.45) is 3.49. The summed E-state index contributed by atoms with van der Waals surface area (Å²) in [5, 5.41) is 3.32. The number of aryl methyl sites for hydroxylation is 1. The summed E-state index contributed by atoms with van der Waals surface area (Å²) in [5.41, 5.74) is 0. The number of nitrogens with one attached hydrogen (secondary N) is 1. The lowest BCUT2D eigenvalue weighted by molar-refractivity contribution is -0.144. The Morgan fingerprint density at radius 1 is 1.65 bits per heavy atom. The molecule has 0 aromatic carbocycles. The fraction of sp³-hybridized carbons (Fsp3) is 0.500. The number of aromatic nitrogens is 2. The van der Waals surface area contributed by atoms with Crippen molar-refractivity contribution in [3.05, 3.63) is 12.4 Å². The number of imidazole rings is 1. The summed E-state index contributed by atoms with van der Waals surface area (Å²) < 4.78 is 6.46. The van der Waals surface area contributed by atoms with Crippen molar-refractivity contribution in [1.29, 1.82) is 0 Å². The lowest BCUT2D eigenvalue weighted by Gasteiger charge is -2.14. The number of amides is 1. The van der Waals surface area contributed by atoms with Crippen molar-refractivity contribution in [2.24, 2.45) is 7.05 Å². The fourth-order valence-electron chi connectivity index (χ4n) is 1.21. The average molecular weight is 257 g/mol. The third-order valence-corrected chi connectivity index (χ3v) is 3.17. The largest absolute Gasteiger partial charge is 0.467 e. The summed E-state index contributed by atoms with van der Waals surface area (Å²) in [7, 11) is 3.16. The second-order valence-corrected chi connectivity index (χ2v) is 4.40. The minimum Gasteiger partial charge on any atom is -0.467 e. The number of hydrogen-bond donors (Lipinski definition) is 1. The van der Waals surface area contributed by atoms with Crippen LogP contribution in [0.1, 0.15) is 6.92 Å². The molecule has 94 valence electrons. The van der Waals surface area contributed by atoms with Crippen LogP contribution in [0.15, 0.2) is 17.6 Å². The molecule has 0 bridgehead atoms. The van der Waals surface area contributed by atoms with Gasteiger partial charge >= 0.3 is 5.97 Å². The number of hydrogen-bond acceptors (Lipinski definition) is 5. The summed E-state index contributed by atoms with van der Waals surface area (Å²) in [5.74, 6) is -0.334. The minimum absolute atomic E-state index is 0.263. The van der Waals surface area contributed by atoms with Crippen LogP contribution in [0.4, 0.5) is 0 Å². The maximum atomic E-state index is 11.4. The summed E-state index contributed by atoms with van der Waals surface area (Å²) in [4.78, 5) is 26.5. The molecule has 17 heavy (non-hydrogen) atoms. The van der Waals surface area contributed by atoms with Gasteiger partial charge in [-0.05, 0) is 0 Å². The van der Waals surface area contributed by atoms with Gasteiger partial charge in [-0.15, -0.1) is 0 Å². The van der Waals surface area contributed by atoms with Crippen molar-refractivity contribution in [3.63, 3.8) is 0 Å². The normalized spacial score (nSPS) is 11.9. The molecule has 1 N–H and O–H groups in total. The van der Waals surface area contributed by atoms with Crippen LogP contribution in [0, 0.1) is 0 Å². The Hall–Kier alpha value is -1.50. The van der Waals surface area contributed by atoms with E-state index >= 15 is 0 Å². The zero-order valence-corrected chi connectivity index (χ0v) is 10.8. The first-order valence-corrected chi connectivity index (χ1v) is 5.98. The van der Waals surface area contributed by atoms with Gasteiger partial charge in [0.15, 0.2) is 5.16 Å². The smallest absolute Gasteiger partial charge is 0.329 e. The minimum atomic E-state index is -0.654. The van der Waals surface area contributed by atoms with Crippen LogP contribution in [0.5, 0.6) is 0 Å². The molecule has 6 nitrogen and oxygen atoms in total. The molecule has 0 aliphatic heterocycles. The molecule has 1 heterocycles. The van der Waals surface area contributed by atoms with Crippen LogP contribution >= 0.6 is 11.8 Å². The van der Waals surface area contributed by atoms with Gasteiger partial charge in [0.2, 0.25) is 5.91 Å². The van der Waals surface area contributed by atoms with Gasteiger partial charge < -0.3 is 14.6 Å². The Kier molecular flexibility index (Phi) is 5.02. The molecule has 1 amide bonds. The fourth-order valence-corrected chi connectivity index (χ4v) is 2.14. The van der Waals surface area contributed by atoms with Crippen molar-refractivity contribution < 1.29 is 14.3 Å². The van der Waals surface area contributed by atoms with E-state index in [1.165, 1.54) is 25.8 Å². The lowest BCUT2D eigenvalue weighted by atomic mass is 10.3.